The first-order valence-electron chi connectivity index (χ1n) is 6.08. The van der Waals surface area contributed by atoms with Gasteiger partial charge in [0.25, 0.3) is 0 Å². The Labute approximate surface area is 116 Å². The van der Waals surface area contributed by atoms with E-state index in [9.17, 15) is 4.79 Å². The van der Waals surface area contributed by atoms with Crippen LogP contribution in [0.3, 0.4) is 0 Å². The lowest BCUT2D eigenvalue weighted by atomic mass is 9.93. The molecule has 0 spiro atoms. The second kappa shape index (κ2) is 4.60. The zero-order chi connectivity index (χ0) is 12.7. The van der Waals surface area contributed by atoms with Gasteiger partial charge in [-0.1, -0.05) is 41.4 Å². The fourth-order valence-electron chi connectivity index (χ4n) is 2.92. The van der Waals surface area contributed by atoms with E-state index in [0.717, 1.165) is 12.8 Å². The average molecular weight is 282 g/mol. The molecule has 0 heterocycles. The second-order valence-corrected chi connectivity index (χ2v) is 5.79. The van der Waals surface area contributed by atoms with Crippen molar-refractivity contribution in [3.8, 4) is 0 Å². The quantitative estimate of drug-likeness (QED) is 0.811. The smallest absolute Gasteiger partial charge is 0.228 e. The molecular formula is C14H13Cl2NO. The third-order valence-corrected chi connectivity index (χ3v) is 4.46. The predicted octanol–water partition coefficient (Wildman–Crippen LogP) is 4.14. The number of allylic oxidation sites excluding steroid dienone is 2. The predicted molar refractivity (Wildman–Crippen MR) is 73.9 cm³/mol. The standard InChI is InChI=1S/C14H13Cl2NO/c15-11-2-1-3-12(16)13(11)17-14(18)10-7-8-4-5-9(10)6-8/h1-5,8-10H,6-7H2,(H,17,18). The van der Waals surface area contributed by atoms with E-state index in [1.54, 1.807) is 18.2 Å². The van der Waals surface area contributed by atoms with Crippen LogP contribution in [0, 0.1) is 17.8 Å². The minimum absolute atomic E-state index is 0.0295. The van der Waals surface area contributed by atoms with Crippen LogP contribution in [0.4, 0.5) is 5.69 Å². The second-order valence-electron chi connectivity index (χ2n) is 4.97. The van der Waals surface area contributed by atoms with Gasteiger partial charge in [-0.15, -0.1) is 0 Å². The Kier molecular flexibility index (Phi) is 3.08. The van der Waals surface area contributed by atoms with Crippen molar-refractivity contribution < 1.29 is 4.79 Å². The van der Waals surface area contributed by atoms with Gasteiger partial charge in [0.05, 0.1) is 15.7 Å². The Morgan fingerprint density at radius 2 is 1.89 bits per heavy atom. The van der Waals surface area contributed by atoms with Gasteiger partial charge < -0.3 is 5.32 Å². The maximum atomic E-state index is 12.2. The Morgan fingerprint density at radius 1 is 1.17 bits per heavy atom. The Hall–Kier alpha value is -0.990. The lowest BCUT2D eigenvalue weighted by Gasteiger charge is -2.18. The van der Waals surface area contributed by atoms with Crippen LogP contribution in [0.2, 0.25) is 10.0 Å². The molecule has 18 heavy (non-hydrogen) atoms. The molecule has 2 aliphatic carbocycles. The van der Waals surface area contributed by atoms with Gasteiger partial charge in [-0.25, -0.2) is 0 Å². The molecule has 1 N–H and O–H groups in total. The molecule has 2 nitrogen and oxygen atoms in total. The highest BCUT2D eigenvalue weighted by Crippen LogP contribution is 2.44. The average Bonchev–Trinajstić information content (AvgIpc) is 2.96. The highest BCUT2D eigenvalue weighted by atomic mass is 35.5. The summed E-state index contributed by atoms with van der Waals surface area (Å²) in [4.78, 5) is 12.2. The highest BCUT2D eigenvalue weighted by molar-refractivity contribution is 6.39. The van der Waals surface area contributed by atoms with Crippen LogP contribution >= 0.6 is 23.2 Å². The maximum absolute atomic E-state index is 12.2. The van der Waals surface area contributed by atoms with E-state index < -0.39 is 0 Å². The van der Waals surface area contributed by atoms with Gasteiger partial charge in [0.2, 0.25) is 5.91 Å². The minimum atomic E-state index is 0.0295. The summed E-state index contributed by atoms with van der Waals surface area (Å²) in [6.07, 6.45) is 6.42. The molecular weight excluding hydrogens is 269 g/mol. The number of halogens is 2. The fraction of sp³-hybridized carbons (Fsp3) is 0.357. The summed E-state index contributed by atoms with van der Waals surface area (Å²) < 4.78 is 0. The van der Waals surface area contributed by atoms with Crippen molar-refractivity contribution in [1.29, 1.82) is 0 Å². The third kappa shape index (κ3) is 2.04. The van der Waals surface area contributed by atoms with E-state index >= 15 is 0 Å². The summed E-state index contributed by atoms with van der Waals surface area (Å²) in [5, 5.41) is 3.83. The molecule has 1 aromatic carbocycles. The van der Waals surface area contributed by atoms with Crippen LogP contribution in [0.1, 0.15) is 12.8 Å². The first kappa shape index (κ1) is 12.1. The van der Waals surface area contributed by atoms with Crippen molar-refractivity contribution in [2.24, 2.45) is 17.8 Å². The zero-order valence-electron chi connectivity index (χ0n) is 9.70. The molecule has 2 aliphatic rings. The van der Waals surface area contributed by atoms with E-state index in [0.29, 0.717) is 27.6 Å². The molecule has 1 aromatic rings. The van der Waals surface area contributed by atoms with Gasteiger partial charge in [0.15, 0.2) is 0 Å². The number of hydrogen-bond acceptors (Lipinski definition) is 1. The third-order valence-electron chi connectivity index (χ3n) is 3.83. The zero-order valence-corrected chi connectivity index (χ0v) is 11.2. The van der Waals surface area contributed by atoms with E-state index in [-0.39, 0.29) is 11.8 Å². The number of benzene rings is 1. The molecule has 2 bridgehead atoms. The molecule has 1 saturated carbocycles. The normalized spacial score (nSPS) is 28.7. The molecule has 94 valence electrons. The molecule has 4 heteroatoms. The summed E-state index contributed by atoms with van der Waals surface area (Å²) in [7, 11) is 0. The molecule has 1 fully saturated rings. The molecule has 0 radical (unpaired) electrons. The monoisotopic (exact) mass is 281 g/mol. The summed E-state index contributed by atoms with van der Waals surface area (Å²) in [6.45, 7) is 0. The van der Waals surface area contributed by atoms with E-state index in [1.807, 2.05) is 0 Å². The number of anilines is 1. The van der Waals surface area contributed by atoms with Crippen LogP contribution in [-0.2, 0) is 4.79 Å². The number of rotatable bonds is 2. The van der Waals surface area contributed by atoms with Crippen LogP contribution in [0.15, 0.2) is 30.4 Å². The number of carbonyl (C=O) groups is 1. The Balaban J connectivity index is 1.77. The molecule has 0 aromatic heterocycles. The van der Waals surface area contributed by atoms with Gasteiger partial charge in [0, 0.05) is 5.92 Å². The summed E-state index contributed by atoms with van der Waals surface area (Å²) >= 11 is 12.1. The van der Waals surface area contributed by atoms with E-state index in [2.05, 4.69) is 17.5 Å². The number of nitrogens with one attached hydrogen (secondary N) is 1. The van der Waals surface area contributed by atoms with Crippen molar-refractivity contribution in [2.45, 2.75) is 12.8 Å². The number of amides is 1. The highest BCUT2D eigenvalue weighted by Gasteiger charge is 2.39. The van der Waals surface area contributed by atoms with Crippen LogP contribution < -0.4 is 5.32 Å². The molecule has 0 aliphatic heterocycles. The maximum Gasteiger partial charge on any atom is 0.228 e. The Bertz CT molecular complexity index is 506. The molecule has 1 amide bonds. The van der Waals surface area contributed by atoms with Crippen molar-refractivity contribution in [2.75, 3.05) is 5.32 Å². The van der Waals surface area contributed by atoms with Crippen molar-refractivity contribution in [1.82, 2.24) is 0 Å². The van der Waals surface area contributed by atoms with Crippen molar-refractivity contribution >= 4 is 34.8 Å². The van der Waals surface area contributed by atoms with Crippen molar-refractivity contribution in [3.63, 3.8) is 0 Å². The van der Waals surface area contributed by atoms with Crippen LogP contribution in [-0.4, -0.2) is 5.91 Å². The number of hydrogen-bond donors (Lipinski definition) is 1. The number of fused-ring (bicyclic) bond motifs is 2. The summed E-state index contributed by atoms with van der Waals surface area (Å²) in [6, 6.07) is 5.22. The molecule has 3 unspecified atom stereocenters. The molecule has 0 saturated heterocycles. The Morgan fingerprint density at radius 3 is 2.44 bits per heavy atom. The fourth-order valence-corrected chi connectivity index (χ4v) is 3.41. The topological polar surface area (TPSA) is 29.1 Å². The van der Waals surface area contributed by atoms with Gasteiger partial charge >= 0.3 is 0 Å². The van der Waals surface area contributed by atoms with Gasteiger partial charge in [-0.05, 0) is 36.8 Å². The first-order valence-corrected chi connectivity index (χ1v) is 6.84. The van der Waals surface area contributed by atoms with Gasteiger partial charge in [-0.3, -0.25) is 4.79 Å². The lowest BCUT2D eigenvalue weighted by Crippen LogP contribution is -2.26. The van der Waals surface area contributed by atoms with Crippen molar-refractivity contribution in [3.05, 3.63) is 40.4 Å². The summed E-state index contributed by atoms with van der Waals surface area (Å²) in [5.41, 5.74) is 0.526. The minimum Gasteiger partial charge on any atom is -0.323 e. The van der Waals surface area contributed by atoms with E-state index in [4.69, 9.17) is 23.2 Å². The lowest BCUT2D eigenvalue weighted by molar-refractivity contribution is -0.120. The molecule has 3 rings (SSSR count). The van der Waals surface area contributed by atoms with Gasteiger partial charge in [0.1, 0.15) is 0 Å². The largest absolute Gasteiger partial charge is 0.323 e. The van der Waals surface area contributed by atoms with Gasteiger partial charge in [-0.2, -0.15) is 0 Å². The summed E-state index contributed by atoms with van der Waals surface area (Å²) in [5.74, 6) is 1.05. The SMILES string of the molecule is O=C(Nc1c(Cl)cccc1Cl)C1CC2C=CC1C2. The van der Waals surface area contributed by atoms with E-state index in [1.165, 1.54) is 0 Å². The molecule has 3 atom stereocenters. The van der Waals surface area contributed by atoms with Crippen LogP contribution in [0.5, 0.6) is 0 Å². The van der Waals surface area contributed by atoms with Crippen LogP contribution in [0.25, 0.3) is 0 Å². The number of carbonyl (C=O) groups excluding carboxylic acids is 1. The number of para-hydroxylation sites is 1. The first-order chi connectivity index (χ1) is 8.65.